The van der Waals surface area contributed by atoms with Crippen molar-refractivity contribution < 1.29 is 13.2 Å². The van der Waals surface area contributed by atoms with E-state index in [1.165, 1.54) is 6.92 Å². The second kappa shape index (κ2) is 3.33. The van der Waals surface area contributed by atoms with Gasteiger partial charge in [-0.05, 0) is 13.8 Å². The average molecular weight is 203 g/mol. The van der Waals surface area contributed by atoms with Gasteiger partial charge >= 0.3 is 6.18 Å². The minimum Gasteiger partial charge on any atom is -0.259 e. The summed E-state index contributed by atoms with van der Waals surface area (Å²) in [6, 6.07) is 0.0660. The van der Waals surface area contributed by atoms with E-state index in [4.69, 9.17) is 5.26 Å². The maximum absolute atomic E-state index is 12.2. The highest BCUT2D eigenvalue weighted by Gasteiger charge is 2.38. The third-order valence-corrected chi connectivity index (χ3v) is 1.91. The first-order chi connectivity index (χ1) is 6.36. The summed E-state index contributed by atoms with van der Waals surface area (Å²) in [6.45, 7) is 2.49. The van der Waals surface area contributed by atoms with Crippen molar-refractivity contribution in [1.82, 2.24) is 9.78 Å². The van der Waals surface area contributed by atoms with Gasteiger partial charge in [-0.25, -0.2) is 0 Å². The summed E-state index contributed by atoms with van der Waals surface area (Å²) < 4.78 is 37.5. The molecule has 1 aromatic heterocycles. The molecule has 0 saturated carbocycles. The molecule has 76 valence electrons. The molecule has 0 aliphatic heterocycles. The van der Waals surface area contributed by atoms with Gasteiger partial charge in [0.05, 0.1) is 11.3 Å². The van der Waals surface area contributed by atoms with Gasteiger partial charge in [0.2, 0.25) is 0 Å². The van der Waals surface area contributed by atoms with Crippen LogP contribution in [0, 0.1) is 18.3 Å². The molecule has 0 N–H and O–H groups in total. The Labute approximate surface area is 78.8 Å². The zero-order valence-corrected chi connectivity index (χ0v) is 7.63. The van der Waals surface area contributed by atoms with Crippen molar-refractivity contribution in [3.63, 3.8) is 0 Å². The third-order valence-electron chi connectivity index (χ3n) is 1.91. The summed E-state index contributed by atoms with van der Waals surface area (Å²) in [6.07, 6.45) is -3.24. The van der Waals surface area contributed by atoms with Crippen LogP contribution in [0.3, 0.4) is 0 Å². The Morgan fingerprint density at radius 3 is 2.50 bits per heavy atom. The van der Waals surface area contributed by atoms with E-state index >= 15 is 0 Å². The molecule has 0 aromatic carbocycles. The van der Waals surface area contributed by atoms with E-state index in [1.54, 1.807) is 6.07 Å². The maximum Gasteiger partial charge on any atom is 0.410 e. The van der Waals surface area contributed by atoms with Gasteiger partial charge in [-0.3, -0.25) is 4.68 Å². The van der Waals surface area contributed by atoms with Crippen molar-refractivity contribution in [3.05, 3.63) is 17.5 Å². The van der Waals surface area contributed by atoms with Crippen molar-refractivity contribution in [1.29, 1.82) is 5.26 Å². The lowest BCUT2D eigenvalue weighted by Gasteiger charge is -2.15. The molecule has 1 aromatic rings. The molecule has 0 amide bonds. The molecule has 3 nitrogen and oxygen atoms in total. The minimum atomic E-state index is -4.34. The number of alkyl halides is 3. The lowest BCUT2D eigenvalue weighted by molar-refractivity contribution is -0.165. The Kier molecular flexibility index (Phi) is 2.51. The third kappa shape index (κ3) is 1.87. The molecule has 0 spiro atoms. The number of aryl methyl sites for hydroxylation is 1. The van der Waals surface area contributed by atoms with E-state index in [9.17, 15) is 13.2 Å². The second-order valence-corrected chi connectivity index (χ2v) is 2.94. The highest BCUT2D eigenvalue weighted by Crippen LogP contribution is 2.29. The van der Waals surface area contributed by atoms with Crippen molar-refractivity contribution in [2.24, 2.45) is 0 Å². The van der Waals surface area contributed by atoms with E-state index < -0.39 is 12.2 Å². The molecule has 1 heterocycles. The van der Waals surface area contributed by atoms with Crippen LogP contribution in [0.25, 0.3) is 0 Å². The molecule has 0 aliphatic carbocycles. The van der Waals surface area contributed by atoms with Crippen LogP contribution in [0.1, 0.15) is 24.2 Å². The monoisotopic (exact) mass is 203 g/mol. The van der Waals surface area contributed by atoms with Crippen LogP contribution in [0.2, 0.25) is 0 Å². The van der Waals surface area contributed by atoms with E-state index in [1.807, 2.05) is 0 Å². The maximum atomic E-state index is 12.2. The van der Waals surface area contributed by atoms with Crippen molar-refractivity contribution in [3.8, 4) is 6.07 Å². The molecule has 0 fully saturated rings. The van der Waals surface area contributed by atoms with Crippen molar-refractivity contribution >= 4 is 0 Å². The van der Waals surface area contributed by atoms with Gasteiger partial charge in [-0.15, -0.1) is 0 Å². The largest absolute Gasteiger partial charge is 0.410 e. The topological polar surface area (TPSA) is 41.6 Å². The van der Waals surface area contributed by atoms with Gasteiger partial charge in [-0.2, -0.15) is 23.5 Å². The van der Waals surface area contributed by atoms with Crippen molar-refractivity contribution in [2.45, 2.75) is 26.1 Å². The second-order valence-electron chi connectivity index (χ2n) is 2.94. The lowest BCUT2D eigenvalue weighted by Crippen LogP contribution is -2.24. The van der Waals surface area contributed by atoms with Crippen molar-refractivity contribution in [2.75, 3.05) is 0 Å². The van der Waals surface area contributed by atoms with Gasteiger partial charge in [0.25, 0.3) is 0 Å². The minimum absolute atomic E-state index is 0.168. The first-order valence-corrected chi connectivity index (χ1v) is 3.89. The molecule has 0 bridgehead atoms. The fourth-order valence-electron chi connectivity index (χ4n) is 0.940. The Balaban J connectivity index is 3.05. The number of nitrogens with zero attached hydrogens (tertiary/aromatic N) is 3. The molecule has 0 aliphatic rings. The van der Waals surface area contributed by atoms with Crippen LogP contribution in [0.4, 0.5) is 13.2 Å². The number of hydrogen-bond donors (Lipinski definition) is 0. The Morgan fingerprint density at radius 2 is 2.14 bits per heavy atom. The first-order valence-electron chi connectivity index (χ1n) is 3.89. The zero-order chi connectivity index (χ0) is 10.9. The van der Waals surface area contributed by atoms with Crippen LogP contribution >= 0.6 is 0 Å². The first kappa shape index (κ1) is 10.6. The summed E-state index contributed by atoms with van der Waals surface area (Å²) in [5.41, 5.74) is 0.477. The number of halogens is 3. The molecule has 1 rings (SSSR count). The van der Waals surface area contributed by atoms with E-state index in [0.717, 1.165) is 17.8 Å². The van der Waals surface area contributed by atoms with E-state index in [-0.39, 0.29) is 5.56 Å². The molecule has 6 heteroatoms. The van der Waals surface area contributed by atoms with E-state index in [2.05, 4.69) is 5.10 Å². The number of hydrogen-bond acceptors (Lipinski definition) is 2. The van der Waals surface area contributed by atoms with Gasteiger partial charge in [-0.1, -0.05) is 0 Å². The van der Waals surface area contributed by atoms with Crippen LogP contribution in [0.15, 0.2) is 6.20 Å². The van der Waals surface area contributed by atoms with Gasteiger partial charge in [0.15, 0.2) is 0 Å². The quantitative estimate of drug-likeness (QED) is 0.701. The molecule has 1 unspecified atom stereocenters. The molecule has 14 heavy (non-hydrogen) atoms. The predicted octanol–water partition coefficient (Wildman–Crippen LogP) is 2.19. The van der Waals surface area contributed by atoms with Gasteiger partial charge in [0, 0.05) is 6.20 Å². The summed E-state index contributed by atoms with van der Waals surface area (Å²) in [4.78, 5) is 0. The summed E-state index contributed by atoms with van der Waals surface area (Å²) in [5, 5.41) is 12.2. The molecular weight excluding hydrogens is 195 g/mol. The molecular formula is C8H8F3N3. The van der Waals surface area contributed by atoms with Crippen LogP contribution in [0.5, 0.6) is 0 Å². The SMILES string of the molecule is Cc1nn(C(C)C(F)(F)F)cc1C#N. The Bertz CT molecular complexity index is 372. The summed E-state index contributed by atoms with van der Waals surface area (Å²) in [5.74, 6) is 0. The predicted molar refractivity (Wildman–Crippen MR) is 42.4 cm³/mol. The average Bonchev–Trinajstić information content (AvgIpc) is 2.43. The lowest BCUT2D eigenvalue weighted by atomic mass is 10.3. The smallest absolute Gasteiger partial charge is 0.259 e. The zero-order valence-electron chi connectivity index (χ0n) is 7.63. The van der Waals surface area contributed by atoms with Crippen LogP contribution in [-0.2, 0) is 0 Å². The standard InChI is InChI=1S/C8H8F3N3/c1-5-7(3-12)4-14(13-5)6(2)8(9,10)11/h4,6H,1-2H3. The fraction of sp³-hybridized carbons (Fsp3) is 0.500. The van der Waals surface area contributed by atoms with Gasteiger partial charge in [0.1, 0.15) is 12.1 Å². The Hall–Kier alpha value is -1.51. The Morgan fingerprint density at radius 1 is 1.57 bits per heavy atom. The van der Waals surface area contributed by atoms with Crippen LogP contribution in [-0.4, -0.2) is 16.0 Å². The number of rotatable bonds is 1. The normalized spacial score (nSPS) is 13.7. The van der Waals surface area contributed by atoms with Crippen LogP contribution < -0.4 is 0 Å². The van der Waals surface area contributed by atoms with Gasteiger partial charge < -0.3 is 0 Å². The molecule has 0 radical (unpaired) electrons. The molecule has 0 saturated heterocycles. The number of nitriles is 1. The molecule has 1 atom stereocenters. The highest BCUT2D eigenvalue weighted by atomic mass is 19.4. The number of aromatic nitrogens is 2. The summed E-state index contributed by atoms with van der Waals surface area (Å²) >= 11 is 0. The highest BCUT2D eigenvalue weighted by molar-refractivity contribution is 5.29. The fourth-order valence-corrected chi connectivity index (χ4v) is 0.940. The summed E-state index contributed by atoms with van der Waals surface area (Å²) in [7, 11) is 0. The van der Waals surface area contributed by atoms with E-state index in [0.29, 0.717) is 5.69 Å².